The first-order valence-corrected chi connectivity index (χ1v) is 9.07. The molecule has 0 aromatic heterocycles. The van der Waals surface area contributed by atoms with E-state index in [-0.39, 0.29) is 0 Å². The van der Waals surface area contributed by atoms with Crippen LogP contribution in [0.15, 0.2) is 28.2 Å². The number of hydrogen-bond donors (Lipinski definition) is 0. The zero-order chi connectivity index (χ0) is 14.2. The van der Waals surface area contributed by atoms with Crippen LogP contribution in [0.4, 0.5) is 0 Å². The van der Waals surface area contributed by atoms with Crippen LogP contribution in [-0.4, -0.2) is 0 Å². The summed E-state index contributed by atoms with van der Waals surface area (Å²) in [6, 6.07) is 6.67. The third-order valence-electron chi connectivity index (χ3n) is 4.24. The lowest BCUT2D eigenvalue weighted by molar-refractivity contribution is 0.574. The van der Waals surface area contributed by atoms with Gasteiger partial charge in [0.05, 0.1) is 0 Å². The van der Waals surface area contributed by atoms with Crippen LogP contribution in [0.2, 0.25) is 0 Å². The van der Waals surface area contributed by atoms with Crippen molar-refractivity contribution in [2.45, 2.75) is 71.1 Å². The molecule has 0 spiro atoms. The Hall–Kier alpha value is -0.560. The Morgan fingerprint density at radius 3 is 2.40 bits per heavy atom. The normalized spacial score (nSPS) is 13.4. The van der Waals surface area contributed by atoms with E-state index in [0.717, 1.165) is 0 Å². The van der Waals surface area contributed by atoms with Gasteiger partial charge >= 0.3 is 0 Å². The molecular weight excluding hydrogens is 308 g/mol. The van der Waals surface area contributed by atoms with Gasteiger partial charge < -0.3 is 0 Å². The molecule has 1 aliphatic rings. The number of halogens is 1. The van der Waals surface area contributed by atoms with Gasteiger partial charge in [0.2, 0.25) is 0 Å². The molecule has 0 fully saturated rings. The highest BCUT2D eigenvalue weighted by Gasteiger charge is 2.12. The van der Waals surface area contributed by atoms with Gasteiger partial charge in [-0.25, -0.2) is 0 Å². The largest absolute Gasteiger partial charge is 0.0654 e. The molecule has 0 heterocycles. The van der Waals surface area contributed by atoms with Crippen molar-refractivity contribution in [1.82, 2.24) is 0 Å². The minimum absolute atomic E-state index is 1.18. The highest BCUT2D eigenvalue weighted by Crippen LogP contribution is 2.30. The summed E-state index contributed by atoms with van der Waals surface area (Å²) in [5.41, 5.74) is 4.56. The highest BCUT2D eigenvalue weighted by molar-refractivity contribution is 9.10. The molecule has 20 heavy (non-hydrogen) atoms. The summed E-state index contributed by atoms with van der Waals surface area (Å²) in [4.78, 5) is 0. The molecule has 0 atom stereocenters. The van der Waals surface area contributed by atoms with E-state index in [2.05, 4.69) is 47.1 Å². The predicted octanol–water partition coefficient (Wildman–Crippen LogP) is 6.92. The van der Waals surface area contributed by atoms with Gasteiger partial charge in [0, 0.05) is 4.47 Å². The molecule has 0 bridgehead atoms. The number of unbranched alkanes of at least 4 members (excludes halogenated alkanes) is 7. The van der Waals surface area contributed by atoms with Gasteiger partial charge in [-0.05, 0) is 42.5 Å². The van der Waals surface area contributed by atoms with Crippen LogP contribution in [0, 0.1) is 0 Å². The number of benzene rings is 1. The van der Waals surface area contributed by atoms with Crippen LogP contribution in [0.1, 0.15) is 75.8 Å². The lowest BCUT2D eigenvalue weighted by atomic mass is 10.0. The molecule has 0 saturated carbocycles. The van der Waals surface area contributed by atoms with Gasteiger partial charge in [0.1, 0.15) is 0 Å². The quantitative estimate of drug-likeness (QED) is 0.430. The van der Waals surface area contributed by atoms with Crippen LogP contribution in [0.3, 0.4) is 0 Å². The van der Waals surface area contributed by atoms with E-state index in [9.17, 15) is 0 Å². The fraction of sp³-hybridized carbons (Fsp3) is 0.579. The minimum Gasteiger partial charge on any atom is -0.0654 e. The van der Waals surface area contributed by atoms with Crippen molar-refractivity contribution in [3.05, 3.63) is 39.4 Å². The Morgan fingerprint density at radius 2 is 1.65 bits per heavy atom. The molecule has 110 valence electrons. The van der Waals surface area contributed by atoms with Crippen LogP contribution < -0.4 is 0 Å². The van der Waals surface area contributed by atoms with Gasteiger partial charge in [-0.15, -0.1) is 0 Å². The molecule has 0 amide bonds. The maximum Gasteiger partial charge on any atom is 0.0181 e. The van der Waals surface area contributed by atoms with E-state index in [1.165, 1.54) is 79.8 Å². The number of rotatable bonds is 9. The van der Waals surface area contributed by atoms with E-state index in [4.69, 9.17) is 0 Å². The summed E-state index contributed by atoms with van der Waals surface area (Å²) in [6.45, 7) is 2.28. The lowest BCUT2D eigenvalue weighted by Crippen LogP contribution is -1.86. The summed E-state index contributed by atoms with van der Waals surface area (Å²) >= 11 is 3.55. The van der Waals surface area contributed by atoms with Crippen molar-refractivity contribution in [2.75, 3.05) is 0 Å². The Bertz CT molecular complexity index is 445. The molecule has 0 aliphatic heterocycles. The van der Waals surface area contributed by atoms with Gasteiger partial charge in [-0.3, -0.25) is 0 Å². The van der Waals surface area contributed by atoms with Crippen molar-refractivity contribution in [3.63, 3.8) is 0 Å². The van der Waals surface area contributed by atoms with Crippen LogP contribution >= 0.6 is 15.9 Å². The third-order valence-corrected chi connectivity index (χ3v) is 4.73. The second-order valence-corrected chi connectivity index (χ2v) is 6.96. The summed E-state index contributed by atoms with van der Waals surface area (Å²) in [5.74, 6) is 0. The predicted molar refractivity (Wildman–Crippen MR) is 93.1 cm³/mol. The number of hydrogen-bond acceptors (Lipinski definition) is 0. The summed E-state index contributed by atoms with van der Waals surface area (Å²) in [6.07, 6.45) is 16.2. The van der Waals surface area contributed by atoms with Crippen molar-refractivity contribution in [3.8, 4) is 0 Å². The first kappa shape index (κ1) is 15.8. The van der Waals surface area contributed by atoms with Crippen LogP contribution in [-0.2, 0) is 6.42 Å². The molecule has 0 unspecified atom stereocenters. The van der Waals surface area contributed by atoms with Crippen molar-refractivity contribution < 1.29 is 0 Å². The zero-order valence-electron chi connectivity index (χ0n) is 12.8. The highest BCUT2D eigenvalue weighted by atomic mass is 79.9. The molecule has 1 heteroatoms. The van der Waals surface area contributed by atoms with Crippen LogP contribution in [0.5, 0.6) is 0 Å². The second kappa shape index (κ2) is 8.67. The zero-order valence-corrected chi connectivity index (χ0v) is 14.3. The Morgan fingerprint density at radius 1 is 0.950 bits per heavy atom. The summed E-state index contributed by atoms with van der Waals surface area (Å²) in [5, 5.41) is 0. The molecular formula is C19H27Br. The Balaban J connectivity index is 1.59. The maximum atomic E-state index is 3.55. The van der Waals surface area contributed by atoms with E-state index in [1.807, 2.05) is 0 Å². The first-order chi connectivity index (χ1) is 9.79. The molecule has 0 radical (unpaired) electrons. The first-order valence-electron chi connectivity index (χ1n) is 8.27. The molecule has 2 rings (SSSR count). The van der Waals surface area contributed by atoms with E-state index >= 15 is 0 Å². The van der Waals surface area contributed by atoms with Gasteiger partial charge in [0.15, 0.2) is 0 Å². The fourth-order valence-corrected chi connectivity index (χ4v) is 3.40. The van der Waals surface area contributed by atoms with Gasteiger partial charge in [0.25, 0.3) is 0 Å². The SMILES string of the molecule is CCCCCCCCCCC1=Cc2cc(Br)ccc2C1. The van der Waals surface area contributed by atoms with Crippen molar-refractivity contribution >= 4 is 22.0 Å². The smallest absolute Gasteiger partial charge is 0.0181 e. The Kier molecular flexibility index (Phi) is 6.86. The molecule has 1 aromatic rings. The standard InChI is InChI=1S/C19H27Br/c1-2-3-4-5-6-7-8-9-10-16-13-17-11-12-19(20)15-18(17)14-16/h11-12,14-15H,2-10,13H2,1H3. The maximum absolute atomic E-state index is 3.55. The fourth-order valence-electron chi connectivity index (χ4n) is 3.02. The molecule has 0 saturated heterocycles. The van der Waals surface area contributed by atoms with Crippen molar-refractivity contribution in [1.29, 1.82) is 0 Å². The van der Waals surface area contributed by atoms with E-state index in [1.54, 1.807) is 5.57 Å². The van der Waals surface area contributed by atoms with Gasteiger partial charge in [-0.1, -0.05) is 85.5 Å². The summed E-state index contributed by atoms with van der Waals surface area (Å²) < 4.78 is 1.20. The molecule has 1 aliphatic carbocycles. The second-order valence-electron chi connectivity index (χ2n) is 6.05. The van der Waals surface area contributed by atoms with E-state index in [0.29, 0.717) is 0 Å². The monoisotopic (exact) mass is 334 g/mol. The Labute approximate surface area is 132 Å². The number of allylic oxidation sites excluding steroid dienone is 1. The minimum atomic E-state index is 1.18. The molecule has 0 nitrogen and oxygen atoms in total. The lowest BCUT2D eigenvalue weighted by Gasteiger charge is -2.03. The average molecular weight is 335 g/mol. The topological polar surface area (TPSA) is 0 Å². The van der Waals surface area contributed by atoms with Gasteiger partial charge in [-0.2, -0.15) is 0 Å². The van der Waals surface area contributed by atoms with Crippen LogP contribution in [0.25, 0.3) is 6.08 Å². The average Bonchev–Trinajstić information content (AvgIpc) is 2.83. The van der Waals surface area contributed by atoms with E-state index < -0.39 is 0 Å². The molecule has 1 aromatic carbocycles. The number of fused-ring (bicyclic) bond motifs is 1. The molecule has 0 N–H and O–H groups in total. The summed E-state index contributed by atoms with van der Waals surface area (Å²) in [7, 11) is 0. The third kappa shape index (κ3) is 5.09. The van der Waals surface area contributed by atoms with Crippen molar-refractivity contribution in [2.24, 2.45) is 0 Å².